The molecule has 0 aromatic rings. The van der Waals surface area contributed by atoms with Gasteiger partial charge in [0.1, 0.15) is 0 Å². The zero-order valence-corrected chi connectivity index (χ0v) is 7.03. The van der Waals surface area contributed by atoms with E-state index in [0.717, 1.165) is 19.5 Å². The smallest absolute Gasteiger partial charge is 0.0475 e. The van der Waals surface area contributed by atoms with Gasteiger partial charge in [-0.2, -0.15) is 0 Å². The maximum atomic E-state index is 8.97. The summed E-state index contributed by atoms with van der Waals surface area (Å²) in [6, 6.07) is 0. The van der Waals surface area contributed by atoms with E-state index in [1.807, 2.05) is 0 Å². The molecule has 2 N–H and O–H groups in total. The van der Waals surface area contributed by atoms with E-state index in [1.165, 1.54) is 0 Å². The van der Waals surface area contributed by atoms with Crippen molar-refractivity contribution >= 4 is 0 Å². The van der Waals surface area contributed by atoms with Crippen LogP contribution in [-0.4, -0.2) is 48.5 Å². The number of hydrogen-bond donors (Lipinski definition) is 2. The van der Waals surface area contributed by atoms with Gasteiger partial charge in [0.05, 0.1) is 0 Å². The summed E-state index contributed by atoms with van der Waals surface area (Å²) in [5.74, 6) is 0.593. The molecule has 2 unspecified atom stereocenters. The fraction of sp³-hybridized carbons (Fsp3) is 1.00. The lowest BCUT2D eigenvalue weighted by Crippen LogP contribution is -2.41. The first-order valence-corrected chi connectivity index (χ1v) is 4.18. The molecule has 0 aromatic heterocycles. The van der Waals surface area contributed by atoms with Crippen LogP contribution in [0.3, 0.4) is 0 Å². The molecule has 1 rings (SSSR count). The van der Waals surface area contributed by atoms with Gasteiger partial charge in [0, 0.05) is 19.8 Å². The number of aliphatic hydroxyl groups excluding tert-OH is 2. The Morgan fingerprint density at radius 2 is 1.91 bits per heavy atom. The molecule has 1 aliphatic heterocycles. The number of nitrogens with zero attached hydrogens (tertiary/aromatic N) is 1. The number of likely N-dealkylation sites (tertiary alicyclic amines) is 1. The number of rotatable bonds is 2. The van der Waals surface area contributed by atoms with Crippen LogP contribution in [0, 0.1) is 11.8 Å². The molecule has 1 fully saturated rings. The highest BCUT2D eigenvalue weighted by molar-refractivity contribution is 4.77. The van der Waals surface area contributed by atoms with Gasteiger partial charge in [0.2, 0.25) is 0 Å². The van der Waals surface area contributed by atoms with Crippen molar-refractivity contribution in [3.05, 3.63) is 0 Å². The Morgan fingerprint density at radius 1 is 1.27 bits per heavy atom. The van der Waals surface area contributed by atoms with Crippen molar-refractivity contribution in [3.63, 3.8) is 0 Å². The largest absolute Gasteiger partial charge is 0.396 e. The average Bonchev–Trinajstić information content (AvgIpc) is 2.04. The van der Waals surface area contributed by atoms with Gasteiger partial charge < -0.3 is 15.1 Å². The Bertz CT molecular complexity index is 119. The highest BCUT2D eigenvalue weighted by Crippen LogP contribution is 2.21. The zero-order chi connectivity index (χ0) is 8.27. The van der Waals surface area contributed by atoms with Crippen molar-refractivity contribution < 1.29 is 10.2 Å². The molecule has 0 radical (unpaired) electrons. The number of piperidine rings is 1. The van der Waals surface area contributed by atoms with Gasteiger partial charge in [-0.15, -0.1) is 0 Å². The van der Waals surface area contributed by atoms with Crippen LogP contribution in [0.4, 0.5) is 0 Å². The van der Waals surface area contributed by atoms with Crippen LogP contribution in [0.15, 0.2) is 0 Å². The van der Waals surface area contributed by atoms with Crippen LogP contribution < -0.4 is 0 Å². The van der Waals surface area contributed by atoms with E-state index in [-0.39, 0.29) is 19.1 Å². The molecule has 2 atom stereocenters. The second kappa shape index (κ2) is 4.04. The van der Waals surface area contributed by atoms with E-state index in [1.54, 1.807) is 0 Å². The summed E-state index contributed by atoms with van der Waals surface area (Å²) in [4.78, 5) is 2.20. The lowest BCUT2D eigenvalue weighted by Gasteiger charge is -2.34. The molecule has 1 aliphatic rings. The van der Waals surface area contributed by atoms with Gasteiger partial charge in [-0.1, -0.05) is 0 Å². The molecular weight excluding hydrogens is 142 g/mol. The monoisotopic (exact) mass is 159 g/mol. The van der Waals surface area contributed by atoms with Crippen LogP contribution in [-0.2, 0) is 0 Å². The summed E-state index contributed by atoms with van der Waals surface area (Å²) in [7, 11) is 2.05. The fourth-order valence-electron chi connectivity index (χ4n) is 1.71. The third-order valence-corrected chi connectivity index (χ3v) is 2.56. The van der Waals surface area contributed by atoms with Gasteiger partial charge in [0.15, 0.2) is 0 Å². The highest BCUT2D eigenvalue weighted by Gasteiger charge is 2.25. The van der Waals surface area contributed by atoms with Crippen molar-refractivity contribution in [2.75, 3.05) is 33.4 Å². The third kappa shape index (κ3) is 2.15. The lowest BCUT2D eigenvalue weighted by molar-refractivity contribution is 0.0523. The predicted molar refractivity (Wildman–Crippen MR) is 43.3 cm³/mol. The van der Waals surface area contributed by atoms with E-state index in [0.29, 0.717) is 5.92 Å². The van der Waals surface area contributed by atoms with Crippen LogP contribution in [0.1, 0.15) is 6.42 Å². The Hall–Kier alpha value is -0.120. The van der Waals surface area contributed by atoms with Crippen LogP contribution in [0.5, 0.6) is 0 Å². The minimum atomic E-state index is 0.204. The summed E-state index contributed by atoms with van der Waals surface area (Å²) < 4.78 is 0. The molecule has 0 saturated carbocycles. The molecule has 0 aliphatic carbocycles. The van der Waals surface area contributed by atoms with Crippen molar-refractivity contribution in [3.8, 4) is 0 Å². The Labute approximate surface area is 67.6 Å². The van der Waals surface area contributed by atoms with Crippen LogP contribution in [0.25, 0.3) is 0 Å². The Balaban J connectivity index is 2.41. The second-order valence-corrected chi connectivity index (χ2v) is 3.44. The topological polar surface area (TPSA) is 43.7 Å². The van der Waals surface area contributed by atoms with Gasteiger partial charge in [-0.25, -0.2) is 0 Å². The van der Waals surface area contributed by atoms with E-state index in [4.69, 9.17) is 10.2 Å². The summed E-state index contributed by atoms with van der Waals surface area (Å²) >= 11 is 0. The quantitative estimate of drug-likeness (QED) is 0.573. The van der Waals surface area contributed by atoms with Gasteiger partial charge in [-0.3, -0.25) is 0 Å². The Kier molecular flexibility index (Phi) is 3.30. The molecule has 11 heavy (non-hydrogen) atoms. The SMILES string of the molecule is CN1CCC(CO)C(CO)C1. The average molecular weight is 159 g/mol. The molecule has 0 spiro atoms. The molecule has 3 heteroatoms. The van der Waals surface area contributed by atoms with Crippen LogP contribution >= 0.6 is 0 Å². The van der Waals surface area contributed by atoms with Crippen molar-refractivity contribution in [2.45, 2.75) is 6.42 Å². The minimum absolute atomic E-state index is 0.204. The molecule has 1 heterocycles. The van der Waals surface area contributed by atoms with Gasteiger partial charge in [0.25, 0.3) is 0 Å². The second-order valence-electron chi connectivity index (χ2n) is 3.44. The summed E-state index contributed by atoms with van der Waals surface area (Å²) in [6.07, 6.45) is 1.01. The van der Waals surface area contributed by atoms with Gasteiger partial charge >= 0.3 is 0 Å². The van der Waals surface area contributed by atoms with E-state index >= 15 is 0 Å². The molecule has 3 nitrogen and oxygen atoms in total. The van der Waals surface area contributed by atoms with Crippen molar-refractivity contribution in [1.29, 1.82) is 0 Å². The molecule has 0 bridgehead atoms. The molecule has 66 valence electrons. The normalized spacial score (nSPS) is 34.1. The van der Waals surface area contributed by atoms with Crippen molar-refractivity contribution in [2.24, 2.45) is 11.8 Å². The standard InChI is InChI=1S/C8H17NO2/c1-9-3-2-7(5-10)8(4-9)6-11/h7-8,10-11H,2-6H2,1H3. The first-order chi connectivity index (χ1) is 5.27. The maximum Gasteiger partial charge on any atom is 0.0475 e. The maximum absolute atomic E-state index is 8.97. The first kappa shape index (κ1) is 8.97. The molecule has 1 saturated heterocycles. The van der Waals surface area contributed by atoms with Gasteiger partial charge in [-0.05, 0) is 31.8 Å². The summed E-state index contributed by atoms with van der Waals surface area (Å²) in [6.45, 7) is 2.39. The molecular formula is C8H17NO2. The van der Waals surface area contributed by atoms with Crippen LogP contribution in [0.2, 0.25) is 0 Å². The molecule has 0 amide bonds. The van der Waals surface area contributed by atoms with E-state index < -0.39 is 0 Å². The highest BCUT2D eigenvalue weighted by atomic mass is 16.3. The van der Waals surface area contributed by atoms with E-state index in [2.05, 4.69) is 11.9 Å². The van der Waals surface area contributed by atoms with Crippen molar-refractivity contribution in [1.82, 2.24) is 4.90 Å². The Morgan fingerprint density at radius 3 is 2.45 bits per heavy atom. The third-order valence-electron chi connectivity index (χ3n) is 2.56. The number of hydrogen-bond acceptors (Lipinski definition) is 3. The summed E-state index contributed by atoms with van der Waals surface area (Å²) in [5, 5.41) is 17.9. The summed E-state index contributed by atoms with van der Waals surface area (Å²) in [5.41, 5.74) is 0. The fourth-order valence-corrected chi connectivity index (χ4v) is 1.71. The lowest BCUT2D eigenvalue weighted by atomic mass is 9.87. The minimum Gasteiger partial charge on any atom is -0.396 e. The molecule has 0 aromatic carbocycles. The predicted octanol–water partition coefficient (Wildman–Crippen LogP) is -0.461. The number of aliphatic hydroxyl groups is 2. The zero-order valence-electron chi connectivity index (χ0n) is 7.03. The first-order valence-electron chi connectivity index (χ1n) is 4.18. The van der Waals surface area contributed by atoms with E-state index in [9.17, 15) is 0 Å².